The first-order valence-electron chi connectivity index (χ1n) is 4.21. The second-order valence-electron chi connectivity index (χ2n) is 3.10. The van der Waals surface area contributed by atoms with Crippen LogP contribution in [-0.2, 0) is 4.79 Å². The van der Waals surface area contributed by atoms with Gasteiger partial charge in [-0.3, -0.25) is 9.79 Å². The minimum atomic E-state index is 0.119. The number of Topliss-reactive ketones (excluding diaryl/α,β-unsaturated/α-hetero) is 1. The standard InChI is InChI=1S/C10H17NO/c1-5-11-7-8(2)6-9(3)10(4)12/h5,7,9H,6H2,1-4H3/b8-7+,11-5-/t9-/m0/s1. The van der Waals surface area contributed by atoms with Crippen molar-refractivity contribution in [3.63, 3.8) is 0 Å². The van der Waals surface area contributed by atoms with Gasteiger partial charge in [-0.2, -0.15) is 0 Å². The minimum Gasteiger partial charge on any atom is -0.300 e. The Morgan fingerprint density at radius 2 is 2.08 bits per heavy atom. The van der Waals surface area contributed by atoms with Crippen molar-refractivity contribution in [1.29, 1.82) is 0 Å². The smallest absolute Gasteiger partial charge is 0.132 e. The molecule has 0 aliphatic rings. The van der Waals surface area contributed by atoms with Crippen molar-refractivity contribution in [3.05, 3.63) is 11.8 Å². The van der Waals surface area contributed by atoms with Gasteiger partial charge in [0.2, 0.25) is 0 Å². The Hall–Kier alpha value is -0.920. The maximum atomic E-state index is 10.9. The highest BCUT2D eigenvalue weighted by atomic mass is 16.1. The van der Waals surface area contributed by atoms with E-state index in [-0.39, 0.29) is 11.7 Å². The molecule has 0 aromatic rings. The monoisotopic (exact) mass is 167 g/mol. The van der Waals surface area contributed by atoms with Crippen LogP contribution in [0.1, 0.15) is 34.1 Å². The molecule has 0 saturated carbocycles. The molecule has 0 bridgehead atoms. The average Bonchev–Trinajstić information content (AvgIpc) is 2.00. The number of carbonyl (C=O) groups excluding carboxylic acids is 1. The largest absolute Gasteiger partial charge is 0.300 e. The fourth-order valence-corrected chi connectivity index (χ4v) is 0.881. The average molecular weight is 167 g/mol. The molecule has 0 aliphatic carbocycles. The van der Waals surface area contributed by atoms with E-state index >= 15 is 0 Å². The van der Waals surface area contributed by atoms with Crippen molar-refractivity contribution < 1.29 is 4.79 Å². The van der Waals surface area contributed by atoms with Crippen LogP contribution in [0.3, 0.4) is 0 Å². The predicted molar refractivity (Wildman–Crippen MR) is 52.4 cm³/mol. The van der Waals surface area contributed by atoms with Gasteiger partial charge >= 0.3 is 0 Å². The van der Waals surface area contributed by atoms with Crippen molar-refractivity contribution >= 4 is 12.0 Å². The van der Waals surface area contributed by atoms with Crippen LogP contribution in [0.5, 0.6) is 0 Å². The zero-order valence-electron chi connectivity index (χ0n) is 8.29. The van der Waals surface area contributed by atoms with E-state index in [0.29, 0.717) is 0 Å². The number of rotatable bonds is 4. The molecule has 2 heteroatoms. The molecule has 12 heavy (non-hydrogen) atoms. The molecule has 0 heterocycles. The number of ketones is 1. The second kappa shape index (κ2) is 5.70. The van der Waals surface area contributed by atoms with Crippen LogP contribution >= 0.6 is 0 Å². The van der Waals surface area contributed by atoms with Crippen LogP contribution in [-0.4, -0.2) is 12.0 Å². The summed E-state index contributed by atoms with van der Waals surface area (Å²) in [5.41, 5.74) is 1.15. The molecule has 0 unspecified atom stereocenters. The van der Waals surface area contributed by atoms with E-state index in [1.165, 1.54) is 0 Å². The third-order valence-corrected chi connectivity index (χ3v) is 1.77. The highest BCUT2D eigenvalue weighted by molar-refractivity contribution is 5.78. The van der Waals surface area contributed by atoms with Gasteiger partial charge in [0, 0.05) is 18.3 Å². The Bertz CT molecular complexity index is 204. The van der Waals surface area contributed by atoms with Crippen LogP contribution in [0.2, 0.25) is 0 Å². The first kappa shape index (κ1) is 11.1. The third kappa shape index (κ3) is 4.83. The van der Waals surface area contributed by atoms with Gasteiger partial charge in [0.05, 0.1) is 0 Å². The summed E-state index contributed by atoms with van der Waals surface area (Å²) in [7, 11) is 0. The van der Waals surface area contributed by atoms with E-state index in [4.69, 9.17) is 0 Å². The third-order valence-electron chi connectivity index (χ3n) is 1.77. The molecule has 68 valence electrons. The van der Waals surface area contributed by atoms with E-state index in [0.717, 1.165) is 12.0 Å². The topological polar surface area (TPSA) is 29.4 Å². The van der Waals surface area contributed by atoms with Gasteiger partial charge < -0.3 is 0 Å². The number of hydrogen-bond acceptors (Lipinski definition) is 2. The van der Waals surface area contributed by atoms with Crippen LogP contribution in [0.15, 0.2) is 16.8 Å². The lowest BCUT2D eigenvalue weighted by molar-refractivity contribution is -0.120. The molecule has 0 rings (SSSR count). The number of hydrogen-bond donors (Lipinski definition) is 0. The maximum Gasteiger partial charge on any atom is 0.132 e. The Kier molecular flexibility index (Phi) is 5.26. The molecule has 0 amide bonds. The summed E-state index contributed by atoms with van der Waals surface area (Å²) >= 11 is 0. The first-order chi connectivity index (χ1) is 5.57. The Morgan fingerprint density at radius 3 is 2.50 bits per heavy atom. The Balaban J connectivity index is 3.99. The van der Waals surface area contributed by atoms with Gasteiger partial charge in [0.15, 0.2) is 0 Å². The highest BCUT2D eigenvalue weighted by Gasteiger charge is 2.07. The van der Waals surface area contributed by atoms with E-state index in [1.54, 1.807) is 19.3 Å². The first-order valence-corrected chi connectivity index (χ1v) is 4.21. The van der Waals surface area contributed by atoms with Crippen LogP contribution in [0, 0.1) is 5.92 Å². The quantitative estimate of drug-likeness (QED) is 0.592. The molecule has 0 radical (unpaired) electrons. The van der Waals surface area contributed by atoms with Crippen molar-refractivity contribution in [2.24, 2.45) is 10.9 Å². The minimum absolute atomic E-state index is 0.119. The van der Waals surface area contributed by atoms with Gasteiger partial charge in [0.25, 0.3) is 0 Å². The van der Waals surface area contributed by atoms with Crippen LogP contribution in [0.4, 0.5) is 0 Å². The van der Waals surface area contributed by atoms with E-state index in [2.05, 4.69) is 4.99 Å². The fourth-order valence-electron chi connectivity index (χ4n) is 0.881. The lowest BCUT2D eigenvalue weighted by atomic mass is 9.99. The summed E-state index contributed by atoms with van der Waals surface area (Å²) in [6.07, 6.45) is 4.36. The van der Waals surface area contributed by atoms with Gasteiger partial charge in [-0.25, -0.2) is 0 Å². The Labute approximate surface area is 74.4 Å². The molecule has 0 aliphatic heterocycles. The lowest BCUT2D eigenvalue weighted by Crippen LogP contribution is -2.06. The number of allylic oxidation sites excluding steroid dienone is 1. The molecule has 0 aromatic heterocycles. The summed E-state index contributed by atoms with van der Waals surface area (Å²) < 4.78 is 0. The van der Waals surface area contributed by atoms with Crippen molar-refractivity contribution in [2.45, 2.75) is 34.1 Å². The number of carbonyl (C=O) groups is 1. The Morgan fingerprint density at radius 1 is 1.50 bits per heavy atom. The predicted octanol–water partition coefficient (Wildman–Crippen LogP) is 2.60. The van der Waals surface area contributed by atoms with Gasteiger partial charge in [-0.15, -0.1) is 0 Å². The molecule has 0 aromatic carbocycles. The molecule has 0 fully saturated rings. The van der Waals surface area contributed by atoms with Gasteiger partial charge in [-0.1, -0.05) is 12.5 Å². The summed E-state index contributed by atoms with van der Waals surface area (Å²) in [6, 6.07) is 0. The summed E-state index contributed by atoms with van der Waals surface area (Å²) in [4.78, 5) is 14.9. The normalized spacial score (nSPS) is 15.2. The van der Waals surface area contributed by atoms with Gasteiger partial charge in [0.1, 0.15) is 5.78 Å². The second-order valence-corrected chi connectivity index (χ2v) is 3.10. The van der Waals surface area contributed by atoms with Crippen LogP contribution in [0.25, 0.3) is 0 Å². The van der Waals surface area contributed by atoms with E-state index in [9.17, 15) is 4.79 Å². The fraction of sp³-hybridized carbons (Fsp3) is 0.600. The van der Waals surface area contributed by atoms with Crippen LogP contribution < -0.4 is 0 Å². The van der Waals surface area contributed by atoms with Gasteiger partial charge in [-0.05, 0) is 27.2 Å². The number of nitrogens with zero attached hydrogens (tertiary/aromatic N) is 1. The number of aliphatic imine (C=N–C) groups is 1. The lowest BCUT2D eigenvalue weighted by Gasteiger charge is -2.05. The maximum absolute atomic E-state index is 10.9. The molecular formula is C10H17NO. The van der Waals surface area contributed by atoms with Crippen molar-refractivity contribution in [3.8, 4) is 0 Å². The molecule has 0 spiro atoms. The van der Waals surface area contributed by atoms with Crippen molar-refractivity contribution in [1.82, 2.24) is 0 Å². The van der Waals surface area contributed by atoms with Crippen molar-refractivity contribution in [2.75, 3.05) is 0 Å². The highest BCUT2D eigenvalue weighted by Crippen LogP contribution is 2.11. The molecule has 0 saturated heterocycles. The molecular weight excluding hydrogens is 150 g/mol. The molecule has 2 nitrogen and oxygen atoms in total. The summed E-state index contributed by atoms with van der Waals surface area (Å²) in [5.74, 6) is 0.358. The SMILES string of the molecule is C/C=N\C=C(/C)C[C@H](C)C(C)=O. The molecule has 0 N–H and O–H groups in total. The van der Waals surface area contributed by atoms with E-state index in [1.807, 2.05) is 20.8 Å². The zero-order chi connectivity index (χ0) is 9.56. The van der Waals surface area contributed by atoms with E-state index < -0.39 is 0 Å². The molecule has 1 atom stereocenters. The summed E-state index contributed by atoms with van der Waals surface area (Å²) in [5, 5.41) is 0. The summed E-state index contributed by atoms with van der Waals surface area (Å²) in [6.45, 7) is 7.43. The zero-order valence-corrected chi connectivity index (χ0v) is 8.29.